The van der Waals surface area contributed by atoms with Gasteiger partial charge >= 0.3 is 0 Å². The van der Waals surface area contributed by atoms with Crippen LogP contribution in [-0.2, 0) is 11.3 Å². The van der Waals surface area contributed by atoms with Crippen molar-refractivity contribution in [3.8, 4) is 0 Å². The fraction of sp³-hybridized carbons (Fsp3) is 0.455. The van der Waals surface area contributed by atoms with E-state index in [9.17, 15) is 4.79 Å². The quantitative estimate of drug-likeness (QED) is 0.880. The maximum Gasteiger partial charge on any atom is 0.221 e. The molecule has 1 rings (SSSR count). The Morgan fingerprint density at radius 2 is 2.18 bits per heavy atom. The van der Waals surface area contributed by atoms with E-state index in [0.29, 0.717) is 13.0 Å². The lowest BCUT2D eigenvalue weighted by Crippen LogP contribution is -2.29. The first-order chi connectivity index (χ1) is 7.09. The number of halogens is 2. The van der Waals surface area contributed by atoms with Crippen molar-refractivity contribution in [2.75, 3.05) is 0 Å². The van der Waals surface area contributed by atoms with Crippen molar-refractivity contribution in [3.63, 3.8) is 0 Å². The highest BCUT2D eigenvalue weighted by molar-refractivity contribution is 5.85. The minimum absolute atomic E-state index is 0. The Balaban J connectivity index is 0. The molecule has 0 aliphatic carbocycles. The zero-order valence-electron chi connectivity index (χ0n) is 9.97. The van der Waals surface area contributed by atoms with E-state index in [0.717, 1.165) is 11.3 Å². The van der Waals surface area contributed by atoms with Crippen LogP contribution < -0.4 is 11.1 Å². The second-order valence-corrected chi connectivity index (χ2v) is 3.73. The lowest BCUT2D eigenvalue weighted by molar-refractivity contribution is -0.121. The molecule has 1 atom stereocenters. The molecule has 1 aromatic heterocycles. The van der Waals surface area contributed by atoms with Gasteiger partial charge in [0.15, 0.2) is 0 Å². The van der Waals surface area contributed by atoms with Crippen LogP contribution in [-0.4, -0.2) is 16.9 Å². The fourth-order valence-electron chi connectivity index (χ4n) is 1.25. The van der Waals surface area contributed by atoms with E-state index in [2.05, 4.69) is 10.3 Å². The van der Waals surface area contributed by atoms with Crippen LogP contribution in [0.15, 0.2) is 18.3 Å². The predicted molar refractivity (Wildman–Crippen MR) is 73.6 cm³/mol. The Kier molecular flexibility index (Phi) is 10.0. The Bertz CT molecular complexity index is 345. The number of aromatic nitrogens is 1. The van der Waals surface area contributed by atoms with Crippen molar-refractivity contribution in [2.24, 2.45) is 5.73 Å². The summed E-state index contributed by atoms with van der Waals surface area (Å²) in [6.07, 6.45) is 2.08. The van der Waals surface area contributed by atoms with Gasteiger partial charge in [0, 0.05) is 18.7 Å². The third-order valence-electron chi connectivity index (χ3n) is 2.08. The van der Waals surface area contributed by atoms with Crippen LogP contribution in [0.5, 0.6) is 0 Å². The first-order valence-corrected chi connectivity index (χ1v) is 5.02. The van der Waals surface area contributed by atoms with Gasteiger partial charge in [-0.25, -0.2) is 0 Å². The summed E-state index contributed by atoms with van der Waals surface area (Å²) in [5.41, 5.74) is 7.50. The molecule has 6 heteroatoms. The number of pyridine rings is 1. The summed E-state index contributed by atoms with van der Waals surface area (Å²) in [5, 5.41) is 2.79. The van der Waals surface area contributed by atoms with Crippen molar-refractivity contribution < 1.29 is 4.79 Å². The number of nitrogens with one attached hydrogen (secondary N) is 1. The predicted octanol–water partition coefficient (Wildman–Crippen LogP) is 1.59. The highest BCUT2D eigenvalue weighted by Crippen LogP contribution is 2.02. The Labute approximate surface area is 114 Å². The van der Waals surface area contributed by atoms with E-state index in [1.807, 2.05) is 26.0 Å². The molecule has 0 bridgehead atoms. The molecule has 3 N–H and O–H groups in total. The maximum atomic E-state index is 11.3. The molecule has 1 aromatic rings. The summed E-state index contributed by atoms with van der Waals surface area (Å²) in [5.74, 6) is -0.0324. The van der Waals surface area contributed by atoms with Gasteiger partial charge in [-0.2, -0.15) is 0 Å². The molecule has 4 nitrogen and oxygen atoms in total. The van der Waals surface area contributed by atoms with E-state index in [4.69, 9.17) is 5.73 Å². The Hall–Kier alpha value is -0.840. The molecular formula is C11H19Cl2N3O. The number of nitrogens with two attached hydrogens (primary N) is 1. The number of carbonyl (C=O) groups is 1. The second-order valence-electron chi connectivity index (χ2n) is 3.73. The molecule has 1 unspecified atom stereocenters. The zero-order chi connectivity index (χ0) is 11.3. The number of amides is 1. The standard InChI is InChI=1S/C11H17N3O.2ClH/c1-8-4-3-5-13-10(8)7-14-11(15)6-9(2)12;;/h3-5,9H,6-7,12H2,1-2H3,(H,14,15);2*1H. The normalized spacial score (nSPS) is 10.8. The molecule has 0 radical (unpaired) electrons. The molecule has 1 amide bonds. The van der Waals surface area contributed by atoms with Gasteiger partial charge in [-0.3, -0.25) is 9.78 Å². The summed E-state index contributed by atoms with van der Waals surface area (Å²) in [7, 11) is 0. The van der Waals surface area contributed by atoms with Gasteiger partial charge in [-0.05, 0) is 25.5 Å². The van der Waals surface area contributed by atoms with E-state index >= 15 is 0 Å². The van der Waals surface area contributed by atoms with Gasteiger partial charge in [0.25, 0.3) is 0 Å². The maximum absolute atomic E-state index is 11.3. The molecular weight excluding hydrogens is 261 g/mol. The minimum Gasteiger partial charge on any atom is -0.350 e. The fourth-order valence-corrected chi connectivity index (χ4v) is 1.25. The van der Waals surface area contributed by atoms with Crippen molar-refractivity contribution in [2.45, 2.75) is 32.9 Å². The summed E-state index contributed by atoms with van der Waals surface area (Å²) >= 11 is 0. The van der Waals surface area contributed by atoms with Crippen LogP contribution in [0.4, 0.5) is 0 Å². The van der Waals surface area contributed by atoms with Crippen LogP contribution in [0.2, 0.25) is 0 Å². The number of aryl methyl sites for hydroxylation is 1. The molecule has 0 saturated carbocycles. The van der Waals surface area contributed by atoms with Gasteiger partial charge in [-0.15, -0.1) is 24.8 Å². The number of hydrogen-bond donors (Lipinski definition) is 2. The molecule has 0 aliphatic rings. The van der Waals surface area contributed by atoms with Crippen molar-refractivity contribution in [3.05, 3.63) is 29.6 Å². The third kappa shape index (κ3) is 7.15. The number of rotatable bonds is 4. The number of nitrogens with zero attached hydrogens (tertiary/aromatic N) is 1. The molecule has 0 aromatic carbocycles. The highest BCUT2D eigenvalue weighted by Gasteiger charge is 2.05. The third-order valence-corrected chi connectivity index (χ3v) is 2.08. The minimum atomic E-state index is -0.102. The van der Waals surface area contributed by atoms with Gasteiger partial charge in [0.2, 0.25) is 5.91 Å². The summed E-state index contributed by atoms with van der Waals surface area (Å²) in [6, 6.07) is 3.75. The van der Waals surface area contributed by atoms with Crippen LogP contribution in [0.25, 0.3) is 0 Å². The van der Waals surface area contributed by atoms with Gasteiger partial charge < -0.3 is 11.1 Å². The second kappa shape index (κ2) is 9.22. The SMILES string of the molecule is Cc1cccnc1CNC(=O)CC(C)N.Cl.Cl. The van der Waals surface area contributed by atoms with Gasteiger partial charge in [0.05, 0.1) is 12.2 Å². The summed E-state index contributed by atoms with van der Waals surface area (Å²) < 4.78 is 0. The smallest absolute Gasteiger partial charge is 0.221 e. The molecule has 0 fully saturated rings. The van der Waals surface area contributed by atoms with Gasteiger partial charge in [0.1, 0.15) is 0 Å². The average Bonchev–Trinajstić information content (AvgIpc) is 2.15. The monoisotopic (exact) mass is 279 g/mol. The summed E-state index contributed by atoms with van der Waals surface area (Å²) in [6.45, 7) is 4.25. The van der Waals surface area contributed by atoms with E-state index < -0.39 is 0 Å². The largest absolute Gasteiger partial charge is 0.350 e. The van der Waals surface area contributed by atoms with Gasteiger partial charge in [-0.1, -0.05) is 6.07 Å². The highest BCUT2D eigenvalue weighted by atomic mass is 35.5. The molecule has 0 spiro atoms. The van der Waals surface area contributed by atoms with Crippen LogP contribution in [0.1, 0.15) is 24.6 Å². The van der Waals surface area contributed by atoms with Crippen molar-refractivity contribution in [1.29, 1.82) is 0 Å². The Morgan fingerprint density at radius 1 is 1.53 bits per heavy atom. The zero-order valence-corrected chi connectivity index (χ0v) is 11.6. The van der Waals surface area contributed by atoms with Crippen LogP contribution in [0, 0.1) is 6.92 Å². The van der Waals surface area contributed by atoms with E-state index in [1.165, 1.54) is 0 Å². The summed E-state index contributed by atoms with van der Waals surface area (Å²) in [4.78, 5) is 15.5. The van der Waals surface area contributed by atoms with Crippen molar-refractivity contribution >= 4 is 30.7 Å². The first-order valence-electron chi connectivity index (χ1n) is 5.02. The van der Waals surface area contributed by atoms with Crippen molar-refractivity contribution in [1.82, 2.24) is 10.3 Å². The average molecular weight is 280 g/mol. The van der Waals surface area contributed by atoms with E-state index in [-0.39, 0.29) is 36.8 Å². The molecule has 17 heavy (non-hydrogen) atoms. The van der Waals surface area contributed by atoms with Crippen LogP contribution >= 0.6 is 24.8 Å². The first kappa shape index (κ1) is 18.5. The molecule has 0 saturated heterocycles. The lowest BCUT2D eigenvalue weighted by Gasteiger charge is -2.08. The molecule has 1 heterocycles. The van der Waals surface area contributed by atoms with E-state index in [1.54, 1.807) is 6.20 Å². The molecule has 0 aliphatic heterocycles. The topological polar surface area (TPSA) is 68.0 Å². The van der Waals surface area contributed by atoms with Crippen LogP contribution in [0.3, 0.4) is 0 Å². The lowest BCUT2D eigenvalue weighted by atomic mass is 10.2. The Morgan fingerprint density at radius 3 is 2.71 bits per heavy atom. The molecule has 98 valence electrons. The number of carbonyl (C=O) groups excluding carboxylic acids is 1. The number of hydrogen-bond acceptors (Lipinski definition) is 3.